The van der Waals surface area contributed by atoms with Crippen molar-refractivity contribution < 1.29 is 9.13 Å². The Morgan fingerprint density at radius 2 is 2.33 bits per heavy atom. The van der Waals surface area contributed by atoms with Crippen molar-refractivity contribution in [1.82, 2.24) is 10.3 Å². The molecule has 18 heavy (non-hydrogen) atoms. The molecule has 0 saturated carbocycles. The highest BCUT2D eigenvalue weighted by Gasteiger charge is 2.20. The highest BCUT2D eigenvalue weighted by atomic mass is 32.1. The first-order valence-corrected chi connectivity index (χ1v) is 6.52. The highest BCUT2D eigenvalue weighted by molar-refractivity contribution is 7.09. The zero-order chi connectivity index (χ0) is 13.0. The number of hydrogen-bond acceptors (Lipinski definition) is 4. The number of hydrogen-bond donors (Lipinski definition) is 1. The molecule has 3 nitrogen and oxygen atoms in total. The first kappa shape index (κ1) is 13.0. The Bertz CT molecular complexity index is 502. The van der Waals surface area contributed by atoms with Crippen molar-refractivity contribution in [3.05, 3.63) is 46.2 Å². The maximum absolute atomic E-state index is 14.0. The fraction of sp³-hybridized carbons (Fsp3) is 0.308. The number of methoxy groups -OCH3 is 1. The summed E-state index contributed by atoms with van der Waals surface area (Å²) in [5, 5.41) is 6.01. The second-order valence-electron chi connectivity index (χ2n) is 3.83. The van der Waals surface area contributed by atoms with E-state index in [-0.39, 0.29) is 11.9 Å². The van der Waals surface area contributed by atoms with E-state index in [1.54, 1.807) is 36.8 Å². The third-order valence-electron chi connectivity index (χ3n) is 2.79. The van der Waals surface area contributed by atoms with Crippen molar-refractivity contribution in [2.24, 2.45) is 0 Å². The SMILES string of the molecule is CNC(Cc1nccs1)c1c(F)cccc1OC. The first-order chi connectivity index (χ1) is 8.76. The molecule has 0 spiro atoms. The third-order valence-corrected chi connectivity index (χ3v) is 3.59. The number of nitrogens with one attached hydrogen (secondary N) is 1. The number of benzene rings is 1. The van der Waals surface area contributed by atoms with E-state index in [2.05, 4.69) is 10.3 Å². The van der Waals surface area contributed by atoms with Crippen LogP contribution in [-0.2, 0) is 6.42 Å². The average molecular weight is 266 g/mol. The normalized spacial score (nSPS) is 12.4. The van der Waals surface area contributed by atoms with Crippen LogP contribution in [0.1, 0.15) is 16.6 Å². The van der Waals surface area contributed by atoms with Crippen LogP contribution in [0, 0.1) is 5.82 Å². The summed E-state index contributed by atoms with van der Waals surface area (Å²) in [6.07, 6.45) is 2.40. The predicted molar refractivity (Wildman–Crippen MR) is 70.6 cm³/mol. The van der Waals surface area contributed by atoms with Crippen LogP contribution in [0.25, 0.3) is 0 Å². The lowest BCUT2D eigenvalue weighted by Crippen LogP contribution is -2.20. The van der Waals surface area contributed by atoms with Gasteiger partial charge in [0.15, 0.2) is 0 Å². The lowest BCUT2D eigenvalue weighted by Gasteiger charge is -2.19. The topological polar surface area (TPSA) is 34.2 Å². The van der Waals surface area contributed by atoms with Crippen molar-refractivity contribution in [3.63, 3.8) is 0 Å². The molecule has 1 heterocycles. The molecule has 0 aliphatic heterocycles. The minimum Gasteiger partial charge on any atom is -0.496 e. The molecule has 0 saturated heterocycles. The smallest absolute Gasteiger partial charge is 0.131 e. The Morgan fingerprint density at radius 3 is 2.94 bits per heavy atom. The van der Waals surface area contributed by atoms with Crippen LogP contribution >= 0.6 is 11.3 Å². The van der Waals surface area contributed by atoms with Crippen molar-refractivity contribution in [2.75, 3.05) is 14.2 Å². The van der Waals surface area contributed by atoms with Crippen LogP contribution in [-0.4, -0.2) is 19.1 Å². The summed E-state index contributed by atoms with van der Waals surface area (Å²) in [7, 11) is 3.36. The fourth-order valence-corrected chi connectivity index (χ4v) is 2.57. The Kier molecular flexibility index (Phi) is 4.28. The number of thiazole rings is 1. The van der Waals surface area contributed by atoms with Crippen LogP contribution in [0.2, 0.25) is 0 Å². The van der Waals surface area contributed by atoms with E-state index in [0.29, 0.717) is 17.7 Å². The monoisotopic (exact) mass is 266 g/mol. The fourth-order valence-electron chi connectivity index (χ4n) is 1.91. The van der Waals surface area contributed by atoms with Gasteiger partial charge in [-0.05, 0) is 19.2 Å². The van der Waals surface area contributed by atoms with Gasteiger partial charge in [0, 0.05) is 29.6 Å². The van der Waals surface area contributed by atoms with E-state index >= 15 is 0 Å². The van der Waals surface area contributed by atoms with Crippen molar-refractivity contribution in [3.8, 4) is 5.75 Å². The molecule has 0 aliphatic carbocycles. The Hall–Kier alpha value is -1.46. The quantitative estimate of drug-likeness (QED) is 0.903. The standard InChI is InChI=1S/C13H15FN2OS/c1-15-10(8-12-16-6-7-18-12)13-9(14)4-3-5-11(13)17-2/h3-7,10,15H,8H2,1-2H3. The number of rotatable bonds is 5. The molecule has 1 atom stereocenters. The molecule has 2 aromatic rings. The van der Waals surface area contributed by atoms with Gasteiger partial charge in [-0.2, -0.15) is 0 Å². The Labute approximate surface area is 110 Å². The molecular weight excluding hydrogens is 251 g/mol. The molecule has 0 amide bonds. The lowest BCUT2D eigenvalue weighted by atomic mass is 10.0. The van der Waals surface area contributed by atoms with E-state index in [1.807, 2.05) is 12.4 Å². The van der Waals surface area contributed by atoms with E-state index in [9.17, 15) is 4.39 Å². The van der Waals surface area contributed by atoms with Crippen LogP contribution in [0.3, 0.4) is 0 Å². The summed E-state index contributed by atoms with van der Waals surface area (Å²) >= 11 is 1.57. The van der Waals surface area contributed by atoms with Gasteiger partial charge >= 0.3 is 0 Å². The van der Waals surface area contributed by atoms with E-state index in [1.165, 1.54) is 6.07 Å². The van der Waals surface area contributed by atoms with Crippen LogP contribution < -0.4 is 10.1 Å². The minimum absolute atomic E-state index is 0.146. The summed E-state index contributed by atoms with van der Waals surface area (Å²) < 4.78 is 19.2. The second kappa shape index (κ2) is 5.93. The van der Waals surface area contributed by atoms with E-state index in [0.717, 1.165) is 5.01 Å². The molecule has 1 aromatic heterocycles. The molecular formula is C13H15FN2OS. The van der Waals surface area contributed by atoms with Crippen molar-refractivity contribution in [2.45, 2.75) is 12.5 Å². The van der Waals surface area contributed by atoms with Crippen molar-refractivity contribution in [1.29, 1.82) is 0 Å². The predicted octanol–water partition coefficient (Wildman–Crippen LogP) is 2.79. The van der Waals surface area contributed by atoms with Crippen LogP contribution in [0.15, 0.2) is 29.8 Å². The lowest BCUT2D eigenvalue weighted by molar-refractivity contribution is 0.393. The molecule has 0 radical (unpaired) electrons. The van der Waals surface area contributed by atoms with Crippen molar-refractivity contribution >= 4 is 11.3 Å². The Balaban J connectivity index is 2.32. The van der Waals surface area contributed by atoms with Gasteiger partial charge in [-0.25, -0.2) is 9.37 Å². The zero-order valence-corrected chi connectivity index (χ0v) is 11.1. The van der Waals surface area contributed by atoms with Gasteiger partial charge in [-0.15, -0.1) is 11.3 Å². The maximum atomic E-state index is 14.0. The number of ether oxygens (including phenoxy) is 1. The minimum atomic E-state index is -0.259. The largest absolute Gasteiger partial charge is 0.496 e. The van der Waals surface area contributed by atoms with Gasteiger partial charge in [-0.3, -0.25) is 0 Å². The molecule has 0 aliphatic rings. The molecule has 1 unspecified atom stereocenters. The van der Waals surface area contributed by atoms with Gasteiger partial charge in [0.25, 0.3) is 0 Å². The number of likely N-dealkylation sites (N-methyl/N-ethyl adjacent to an activating group) is 1. The third kappa shape index (κ3) is 2.68. The van der Waals surface area contributed by atoms with Gasteiger partial charge in [0.2, 0.25) is 0 Å². The van der Waals surface area contributed by atoms with E-state index < -0.39 is 0 Å². The number of halogens is 1. The first-order valence-electron chi connectivity index (χ1n) is 5.64. The molecule has 1 aromatic carbocycles. The average Bonchev–Trinajstić information content (AvgIpc) is 2.89. The molecule has 2 rings (SSSR count). The van der Waals surface area contributed by atoms with Gasteiger partial charge in [-0.1, -0.05) is 6.07 Å². The number of aromatic nitrogens is 1. The molecule has 5 heteroatoms. The van der Waals surface area contributed by atoms with Gasteiger partial charge < -0.3 is 10.1 Å². The summed E-state index contributed by atoms with van der Waals surface area (Å²) in [4.78, 5) is 4.23. The summed E-state index contributed by atoms with van der Waals surface area (Å²) in [6.45, 7) is 0. The van der Waals surface area contributed by atoms with Crippen LogP contribution in [0.4, 0.5) is 4.39 Å². The van der Waals surface area contributed by atoms with Crippen LogP contribution in [0.5, 0.6) is 5.75 Å². The maximum Gasteiger partial charge on any atom is 0.131 e. The summed E-state index contributed by atoms with van der Waals surface area (Å²) in [5.74, 6) is 0.302. The van der Waals surface area contributed by atoms with Gasteiger partial charge in [0.05, 0.1) is 12.1 Å². The van der Waals surface area contributed by atoms with Gasteiger partial charge in [0.1, 0.15) is 11.6 Å². The molecule has 96 valence electrons. The molecule has 0 fully saturated rings. The second-order valence-corrected chi connectivity index (χ2v) is 4.81. The van der Waals surface area contributed by atoms with E-state index in [4.69, 9.17) is 4.74 Å². The molecule has 1 N–H and O–H groups in total. The zero-order valence-electron chi connectivity index (χ0n) is 10.3. The summed E-state index contributed by atoms with van der Waals surface area (Å²) in [5.41, 5.74) is 0.553. The Morgan fingerprint density at radius 1 is 1.50 bits per heavy atom. The highest BCUT2D eigenvalue weighted by Crippen LogP contribution is 2.30. The summed E-state index contributed by atoms with van der Waals surface area (Å²) in [6, 6.07) is 4.72. The number of nitrogens with zero attached hydrogens (tertiary/aromatic N) is 1. The molecule has 0 bridgehead atoms.